The Hall–Kier alpha value is -1.62. The highest BCUT2D eigenvalue weighted by atomic mass is 15.2. The fourth-order valence-corrected chi connectivity index (χ4v) is 2.13. The zero-order valence-corrected chi connectivity index (χ0v) is 11.2. The van der Waals surface area contributed by atoms with Gasteiger partial charge in [0.1, 0.15) is 5.52 Å². The molecule has 0 spiro atoms. The molecule has 0 amide bonds. The minimum Gasteiger partial charge on any atom is -0.364 e. The number of hydrogen-bond acceptors (Lipinski definition) is 4. The van der Waals surface area contributed by atoms with Crippen LogP contribution in [0, 0.1) is 12.8 Å². The van der Waals surface area contributed by atoms with E-state index in [0.29, 0.717) is 12.5 Å². The average molecular weight is 247 g/mol. The van der Waals surface area contributed by atoms with Gasteiger partial charge in [-0.05, 0) is 25.3 Å². The molecule has 0 aliphatic rings. The van der Waals surface area contributed by atoms with E-state index in [9.17, 15) is 0 Å². The smallest absolute Gasteiger partial charge is 0.152 e. The third-order valence-electron chi connectivity index (χ3n) is 2.89. The normalized spacial score (nSPS) is 13.2. The summed E-state index contributed by atoms with van der Waals surface area (Å²) in [5.74, 6) is 1.46. The van der Waals surface area contributed by atoms with Crippen LogP contribution in [0.5, 0.6) is 0 Å². The SMILES string of the molecule is Cc1cc2c(NC(CN)CC(C)C)nccn2n1. The number of anilines is 1. The molecule has 1 unspecified atom stereocenters. The Labute approximate surface area is 107 Å². The molecular weight excluding hydrogens is 226 g/mol. The van der Waals surface area contributed by atoms with Crippen LogP contribution in [-0.4, -0.2) is 27.2 Å². The van der Waals surface area contributed by atoms with Gasteiger partial charge in [-0.25, -0.2) is 9.50 Å². The van der Waals surface area contributed by atoms with E-state index in [1.165, 1.54) is 0 Å². The largest absolute Gasteiger partial charge is 0.364 e. The van der Waals surface area contributed by atoms with Gasteiger partial charge in [-0.1, -0.05) is 13.8 Å². The van der Waals surface area contributed by atoms with Gasteiger partial charge in [0.05, 0.1) is 5.69 Å². The third kappa shape index (κ3) is 2.79. The number of hydrogen-bond donors (Lipinski definition) is 2. The van der Waals surface area contributed by atoms with Gasteiger partial charge in [-0.2, -0.15) is 5.10 Å². The predicted octanol–water partition coefficient (Wildman–Crippen LogP) is 1.82. The van der Waals surface area contributed by atoms with Crippen LogP contribution in [0.4, 0.5) is 5.82 Å². The van der Waals surface area contributed by atoms with E-state index < -0.39 is 0 Å². The average Bonchev–Trinajstić information content (AvgIpc) is 2.69. The zero-order chi connectivity index (χ0) is 13.1. The molecule has 0 aliphatic carbocycles. The maximum Gasteiger partial charge on any atom is 0.152 e. The van der Waals surface area contributed by atoms with Gasteiger partial charge in [0.15, 0.2) is 5.82 Å². The van der Waals surface area contributed by atoms with Gasteiger partial charge < -0.3 is 11.1 Å². The van der Waals surface area contributed by atoms with Crippen LogP contribution >= 0.6 is 0 Å². The Morgan fingerprint density at radius 2 is 2.22 bits per heavy atom. The maximum absolute atomic E-state index is 5.81. The van der Waals surface area contributed by atoms with Gasteiger partial charge >= 0.3 is 0 Å². The molecule has 0 aromatic carbocycles. The van der Waals surface area contributed by atoms with Crippen molar-refractivity contribution in [3.63, 3.8) is 0 Å². The number of nitrogens with zero attached hydrogens (tertiary/aromatic N) is 3. The first kappa shape index (κ1) is 12.8. The van der Waals surface area contributed by atoms with Crippen LogP contribution in [0.3, 0.4) is 0 Å². The lowest BCUT2D eigenvalue weighted by atomic mass is 10.0. The van der Waals surface area contributed by atoms with Gasteiger partial charge in [0, 0.05) is 25.0 Å². The van der Waals surface area contributed by atoms with Crippen LogP contribution in [0.15, 0.2) is 18.5 Å². The molecule has 5 heteroatoms. The highest BCUT2D eigenvalue weighted by Crippen LogP contribution is 2.17. The molecule has 98 valence electrons. The molecule has 0 saturated heterocycles. The number of nitrogens with one attached hydrogen (secondary N) is 1. The lowest BCUT2D eigenvalue weighted by molar-refractivity contribution is 0.521. The molecule has 1 atom stereocenters. The molecule has 0 bridgehead atoms. The van der Waals surface area contributed by atoms with Crippen molar-refractivity contribution in [2.45, 2.75) is 33.2 Å². The maximum atomic E-state index is 5.81. The van der Waals surface area contributed by atoms with Crippen molar-refractivity contribution in [1.29, 1.82) is 0 Å². The van der Waals surface area contributed by atoms with E-state index in [4.69, 9.17) is 5.73 Å². The van der Waals surface area contributed by atoms with Gasteiger partial charge in [0.2, 0.25) is 0 Å². The van der Waals surface area contributed by atoms with E-state index in [-0.39, 0.29) is 6.04 Å². The molecule has 3 N–H and O–H groups in total. The quantitative estimate of drug-likeness (QED) is 0.845. The minimum atomic E-state index is 0.249. The summed E-state index contributed by atoms with van der Waals surface area (Å²) in [5.41, 5.74) is 7.79. The van der Waals surface area contributed by atoms with Crippen LogP contribution in [-0.2, 0) is 0 Å². The molecule has 2 heterocycles. The summed E-state index contributed by atoms with van der Waals surface area (Å²) in [6.07, 6.45) is 4.64. The molecule has 2 aromatic rings. The molecule has 18 heavy (non-hydrogen) atoms. The zero-order valence-electron chi connectivity index (χ0n) is 11.2. The van der Waals surface area contributed by atoms with E-state index in [2.05, 4.69) is 29.2 Å². The summed E-state index contributed by atoms with van der Waals surface area (Å²) in [5, 5.41) is 7.79. The topological polar surface area (TPSA) is 68.2 Å². The molecule has 0 aliphatic heterocycles. The van der Waals surface area contributed by atoms with Gasteiger partial charge in [-0.3, -0.25) is 0 Å². The first-order chi connectivity index (χ1) is 8.60. The van der Waals surface area contributed by atoms with Gasteiger partial charge in [-0.15, -0.1) is 0 Å². The van der Waals surface area contributed by atoms with Crippen molar-refractivity contribution in [2.24, 2.45) is 11.7 Å². The summed E-state index contributed by atoms with van der Waals surface area (Å²) in [6, 6.07) is 2.28. The van der Waals surface area contributed by atoms with Crippen LogP contribution in [0.25, 0.3) is 5.52 Å². The number of nitrogens with two attached hydrogens (primary N) is 1. The van der Waals surface area contributed by atoms with Crippen molar-refractivity contribution in [2.75, 3.05) is 11.9 Å². The Morgan fingerprint density at radius 1 is 1.44 bits per heavy atom. The molecular formula is C13H21N5. The molecule has 0 fully saturated rings. The predicted molar refractivity (Wildman–Crippen MR) is 73.6 cm³/mol. The molecule has 2 rings (SSSR count). The number of aryl methyl sites for hydroxylation is 1. The second kappa shape index (κ2) is 5.35. The highest BCUT2D eigenvalue weighted by Gasteiger charge is 2.12. The molecule has 2 aromatic heterocycles. The highest BCUT2D eigenvalue weighted by molar-refractivity contribution is 5.68. The second-order valence-corrected chi connectivity index (χ2v) is 5.10. The summed E-state index contributed by atoms with van der Waals surface area (Å²) in [6.45, 7) is 6.97. The van der Waals surface area contributed by atoms with E-state index in [1.807, 2.05) is 23.7 Å². The van der Waals surface area contributed by atoms with E-state index in [0.717, 1.165) is 23.4 Å². The first-order valence-corrected chi connectivity index (χ1v) is 6.37. The Balaban J connectivity index is 2.24. The first-order valence-electron chi connectivity index (χ1n) is 6.37. The van der Waals surface area contributed by atoms with Crippen molar-refractivity contribution in [3.8, 4) is 0 Å². The Morgan fingerprint density at radius 3 is 2.89 bits per heavy atom. The van der Waals surface area contributed by atoms with Crippen molar-refractivity contribution < 1.29 is 0 Å². The fraction of sp³-hybridized carbons (Fsp3) is 0.538. The fourth-order valence-electron chi connectivity index (χ4n) is 2.13. The van der Waals surface area contributed by atoms with Gasteiger partial charge in [0.25, 0.3) is 0 Å². The van der Waals surface area contributed by atoms with Crippen LogP contribution < -0.4 is 11.1 Å². The number of rotatable bonds is 5. The van der Waals surface area contributed by atoms with E-state index >= 15 is 0 Å². The molecule has 0 radical (unpaired) electrons. The molecule has 0 saturated carbocycles. The van der Waals surface area contributed by atoms with Crippen molar-refractivity contribution in [3.05, 3.63) is 24.2 Å². The van der Waals surface area contributed by atoms with Crippen LogP contribution in [0.1, 0.15) is 26.0 Å². The summed E-state index contributed by atoms with van der Waals surface area (Å²) >= 11 is 0. The Kier molecular flexibility index (Phi) is 3.81. The number of aromatic nitrogens is 3. The lowest BCUT2D eigenvalue weighted by Crippen LogP contribution is -2.30. The minimum absolute atomic E-state index is 0.249. The Bertz CT molecular complexity index is 517. The lowest BCUT2D eigenvalue weighted by Gasteiger charge is -2.19. The standard InChI is InChI=1S/C13H21N5/c1-9(2)6-11(8-14)16-13-12-7-10(3)17-18(12)5-4-15-13/h4-5,7,9,11H,6,8,14H2,1-3H3,(H,15,16). The summed E-state index contributed by atoms with van der Waals surface area (Å²) in [7, 11) is 0. The summed E-state index contributed by atoms with van der Waals surface area (Å²) < 4.78 is 1.84. The van der Waals surface area contributed by atoms with Crippen molar-refractivity contribution >= 4 is 11.3 Å². The second-order valence-electron chi connectivity index (χ2n) is 5.10. The van der Waals surface area contributed by atoms with Crippen molar-refractivity contribution in [1.82, 2.24) is 14.6 Å². The van der Waals surface area contributed by atoms with E-state index in [1.54, 1.807) is 6.20 Å². The van der Waals surface area contributed by atoms with Crippen LogP contribution in [0.2, 0.25) is 0 Å². The molecule has 5 nitrogen and oxygen atoms in total. The monoisotopic (exact) mass is 247 g/mol. The number of fused-ring (bicyclic) bond motifs is 1. The summed E-state index contributed by atoms with van der Waals surface area (Å²) in [4.78, 5) is 4.39. The third-order valence-corrected chi connectivity index (χ3v) is 2.89.